The highest BCUT2D eigenvalue weighted by Gasteiger charge is 2.23. The highest BCUT2D eigenvalue weighted by Crippen LogP contribution is 2.09. The average Bonchev–Trinajstić information content (AvgIpc) is 3.01. The Morgan fingerprint density at radius 1 is 1.36 bits per heavy atom. The normalized spacial score (nSPS) is 18.2. The Morgan fingerprint density at radius 2 is 2.16 bits per heavy atom. The number of likely N-dealkylation sites (N-methyl/N-ethyl adjacent to an activating group) is 1. The van der Waals surface area contributed by atoms with Gasteiger partial charge >= 0.3 is 0 Å². The molecule has 0 aliphatic carbocycles. The van der Waals surface area contributed by atoms with Gasteiger partial charge in [0.05, 0.1) is 32.0 Å². The highest BCUT2D eigenvalue weighted by molar-refractivity contribution is 5.78. The van der Waals surface area contributed by atoms with Gasteiger partial charge in [-0.15, -0.1) is 0 Å². The predicted molar refractivity (Wildman–Crippen MR) is 96.1 cm³/mol. The maximum Gasteiger partial charge on any atom is 0.236 e. The summed E-state index contributed by atoms with van der Waals surface area (Å²) in [6, 6.07) is 10.1. The van der Waals surface area contributed by atoms with Crippen LogP contribution in [0.25, 0.3) is 0 Å². The number of hydrogen-bond acceptors (Lipinski definition) is 4. The molecule has 0 bridgehead atoms. The van der Waals surface area contributed by atoms with Gasteiger partial charge in [-0.2, -0.15) is 5.10 Å². The van der Waals surface area contributed by atoms with Crippen molar-refractivity contribution in [2.45, 2.75) is 26.1 Å². The van der Waals surface area contributed by atoms with Gasteiger partial charge in [-0.1, -0.05) is 30.3 Å². The smallest absolute Gasteiger partial charge is 0.236 e. The minimum atomic E-state index is 0.0697. The lowest BCUT2D eigenvalue weighted by Gasteiger charge is -2.33. The zero-order valence-corrected chi connectivity index (χ0v) is 15.0. The van der Waals surface area contributed by atoms with Gasteiger partial charge in [-0.25, -0.2) is 0 Å². The maximum atomic E-state index is 12.5. The van der Waals surface area contributed by atoms with Crippen molar-refractivity contribution < 1.29 is 9.53 Å². The molecular formula is C19H26N4O2. The van der Waals surface area contributed by atoms with Crippen LogP contribution >= 0.6 is 0 Å². The Morgan fingerprint density at radius 3 is 2.88 bits per heavy atom. The third-order valence-electron chi connectivity index (χ3n) is 4.42. The van der Waals surface area contributed by atoms with E-state index in [1.54, 1.807) is 4.90 Å². The monoisotopic (exact) mass is 342 g/mol. The summed E-state index contributed by atoms with van der Waals surface area (Å²) < 4.78 is 7.74. The van der Waals surface area contributed by atoms with E-state index < -0.39 is 0 Å². The molecule has 3 rings (SSSR count). The number of amides is 1. The van der Waals surface area contributed by atoms with Crippen LogP contribution in [0.15, 0.2) is 42.7 Å². The standard InChI is InChI=1S/C19H26N4O2/c1-16-10-20-23(11-16)14-18-13-22(8-9-25-18)15-19(24)21(2)12-17-6-4-3-5-7-17/h3-7,10-11,18H,8-9,12-15H2,1-2H3/t18-/m0/s1. The van der Waals surface area contributed by atoms with Gasteiger partial charge < -0.3 is 9.64 Å². The number of nitrogens with zero attached hydrogens (tertiary/aromatic N) is 4. The first-order valence-corrected chi connectivity index (χ1v) is 8.71. The summed E-state index contributed by atoms with van der Waals surface area (Å²) in [5, 5.41) is 4.31. The zero-order valence-electron chi connectivity index (χ0n) is 15.0. The van der Waals surface area contributed by atoms with Crippen LogP contribution in [-0.2, 0) is 22.6 Å². The third kappa shape index (κ3) is 5.14. The number of rotatable bonds is 6. The van der Waals surface area contributed by atoms with Crippen LogP contribution < -0.4 is 0 Å². The minimum absolute atomic E-state index is 0.0697. The average molecular weight is 342 g/mol. The molecule has 1 aliphatic heterocycles. The summed E-state index contributed by atoms with van der Waals surface area (Å²) in [6.07, 6.45) is 3.93. The molecule has 1 fully saturated rings. The molecule has 0 saturated carbocycles. The predicted octanol–water partition coefficient (Wildman–Crippen LogP) is 1.55. The van der Waals surface area contributed by atoms with E-state index in [4.69, 9.17) is 4.74 Å². The van der Waals surface area contributed by atoms with E-state index in [9.17, 15) is 4.79 Å². The van der Waals surface area contributed by atoms with Crippen LogP contribution in [0, 0.1) is 6.92 Å². The molecule has 25 heavy (non-hydrogen) atoms. The molecule has 6 nitrogen and oxygen atoms in total. The van der Waals surface area contributed by atoms with Crippen molar-refractivity contribution in [3.05, 3.63) is 53.9 Å². The number of ether oxygens (including phenoxy) is 1. The van der Waals surface area contributed by atoms with E-state index >= 15 is 0 Å². The third-order valence-corrected chi connectivity index (χ3v) is 4.42. The molecule has 2 aromatic rings. The van der Waals surface area contributed by atoms with Crippen molar-refractivity contribution in [3.8, 4) is 0 Å². The van der Waals surface area contributed by atoms with Crippen molar-refractivity contribution in [1.29, 1.82) is 0 Å². The highest BCUT2D eigenvalue weighted by atomic mass is 16.5. The lowest BCUT2D eigenvalue weighted by atomic mass is 10.2. The first kappa shape index (κ1) is 17.6. The molecule has 1 aromatic carbocycles. The fourth-order valence-electron chi connectivity index (χ4n) is 3.07. The van der Waals surface area contributed by atoms with E-state index in [1.807, 2.05) is 61.4 Å². The second-order valence-corrected chi connectivity index (χ2v) is 6.70. The van der Waals surface area contributed by atoms with E-state index in [-0.39, 0.29) is 12.0 Å². The Labute approximate surface area is 149 Å². The molecule has 0 unspecified atom stereocenters. The molecule has 6 heteroatoms. The molecule has 1 atom stereocenters. The number of benzene rings is 1. The molecule has 0 spiro atoms. The molecule has 1 aromatic heterocycles. The van der Waals surface area contributed by atoms with Crippen LogP contribution in [0.2, 0.25) is 0 Å². The fourth-order valence-corrected chi connectivity index (χ4v) is 3.07. The van der Waals surface area contributed by atoms with Crippen molar-refractivity contribution >= 4 is 5.91 Å². The van der Waals surface area contributed by atoms with Crippen LogP contribution in [0.1, 0.15) is 11.1 Å². The van der Waals surface area contributed by atoms with Gasteiger partial charge in [0.1, 0.15) is 0 Å². The summed E-state index contributed by atoms with van der Waals surface area (Å²) >= 11 is 0. The number of carbonyl (C=O) groups excluding carboxylic acids is 1. The van der Waals surface area contributed by atoms with Gasteiger partial charge in [-0.05, 0) is 18.1 Å². The molecule has 0 N–H and O–H groups in total. The van der Waals surface area contributed by atoms with Crippen LogP contribution in [0.5, 0.6) is 0 Å². The number of aryl methyl sites for hydroxylation is 1. The number of carbonyl (C=O) groups is 1. The molecule has 1 saturated heterocycles. The minimum Gasteiger partial charge on any atom is -0.374 e. The van der Waals surface area contributed by atoms with Gasteiger partial charge in [0.25, 0.3) is 0 Å². The SMILES string of the molecule is Cc1cnn(C[C@@H]2CN(CC(=O)N(C)Cc3ccccc3)CCO2)c1. The molecular weight excluding hydrogens is 316 g/mol. The van der Waals surface area contributed by atoms with E-state index in [0.29, 0.717) is 19.7 Å². The van der Waals surface area contributed by atoms with Crippen LogP contribution in [0.3, 0.4) is 0 Å². The van der Waals surface area contributed by atoms with Crippen molar-refractivity contribution in [2.75, 3.05) is 33.3 Å². The number of hydrogen-bond donors (Lipinski definition) is 0. The number of morpholine rings is 1. The zero-order chi connectivity index (χ0) is 17.6. The quantitative estimate of drug-likeness (QED) is 0.799. The largest absolute Gasteiger partial charge is 0.374 e. The van der Waals surface area contributed by atoms with E-state index in [2.05, 4.69) is 10.00 Å². The summed E-state index contributed by atoms with van der Waals surface area (Å²) in [5.74, 6) is 0.138. The summed E-state index contributed by atoms with van der Waals surface area (Å²) in [6.45, 7) is 6.02. The Bertz CT molecular complexity index is 686. The molecule has 0 radical (unpaired) electrons. The van der Waals surface area contributed by atoms with Gasteiger partial charge in [0.15, 0.2) is 0 Å². The fraction of sp³-hybridized carbons (Fsp3) is 0.474. The Balaban J connectivity index is 1.48. The lowest BCUT2D eigenvalue weighted by Crippen LogP contribution is -2.48. The van der Waals surface area contributed by atoms with Crippen LogP contribution in [0.4, 0.5) is 0 Å². The van der Waals surface area contributed by atoms with E-state index in [1.165, 1.54) is 0 Å². The molecule has 134 valence electrons. The summed E-state index contributed by atoms with van der Waals surface area (Å²) in [5.41, 5.74) is 2.29. The molecule has 1 amide bonds. The number of aromatic nitrogens is 2. The molecule has 1 aliphatic rings. The first-order valence-electron chi connectivity index (χ1n) is 8.71. The Hall–Kier alpha value is -2.18. The second-order valence-electron chi connectivity index (χ2n) is 6.70. The summed E-state index contributed by atoms with van der Waals surface area (Å²) in [7, 11) is 1.86. The lowest BCUT2D eigenvalue weighted by molar-refractivity contribution is -0.133. The summed E-state index contributed by atoms with van der Waals surface area (Å²) in [4.78, 5) is 16.5. The van der Waals surface area contributed by atoms with Gasteiger partial charge in [0, 0.05) is 32.9 Å². The molecule has 2 heterocycles. The van der Waals surface area contributed by atoms with Gasteiger partial charge in [0.2, 0.25) is 5.91 Å². The topological polar surface area (TPSA) is 50.6 Å². The van der Waals surface area contributed by atoms with Crippen molar-refractivity contribution in [3.63, 3.8) is 0 Å². The van der Waals surface area contributed by atoms with Crippen molar-refractivity contribution in [2.24, 2.45) is 0 Å². The Kier molecular flexibility index (Phi) is 5.83. The van der Waals surface area contributed by atoms with Crippen LogP contribution in [-0.4, -0.2) is 64.9 Å². The van der Waals surface area contributed by atoms with Crippen molar-refractivity contribution in [1.82, 2.24) is 19.6 Å². The van der Waals surface area contributed by atoms with E-state index in [0.717, 1.165) is 30.8 Å². The van der Waals surface area contributed by atoms with Gasteiger partial charge in [-0.3, -0.25) is 14.4 Å². The first-order chi connectivity index (χ1) is 12.1. The second kappa shape index (κ2) is 8.27. The maximum absolute atomic E-state index is 12.5.